The fraction of sp³-hybridized carbons (Fsp3) is 0.514. The van der Waals surface area contributed by atoms with Gasteiger partial charge in [0.2, 0.25) is 5.91 Å². The number of carbonyl (C=O) groups is 2. The molecular weight excluding hydrogens is 582 g/mol. The third-order valence-corrected chi connectivity index (χ3v) is 13.8. The van der Waals surface area contributed by atoms with Crippen molar-refractivity contribution in [1.29, 1.82) is 0 Å². The van der Waals surface area contributed by atoms with Gasteiger partial charge in [-0.3, -0.25) is 4.79 Å². The van der Waals surface area contributed by atoms with Gasteiger partial charge in [-0.05, 0) is 47.8 Å². The molecule has 0 aromatic heterocycles. The maximum absolute atomic E-state index is 14.3. The smallest absolute Gasteiger partial charge is 0.416 e. The largest absolute Gasteiger partial charge is 0.497 e. The Kier molecular flexibility index (Phi) is 12.8. The summed E-state index contributed by atoms with van der Waals surface area (Å²) in [6, 6.07) is 17.3. The van der Waals surface area contributed by atoms with E-state index in [2.05, 4.69) is 60.4 Å². The SMILES string of the molecule is C=C/C=C/C(C)C(OCc1ccc(OC)cc1)C(C)C(O[Si](C)(C)C(C)(C)C)C(C)C(=O)N1C(=O)OCC1Cc1ccccc1. The molecule has 2 amide bonds. The minimum atomic E-state index is -2.37. The minimum absolute atomic E-state index is 0.00773. The lowest BCUT2D eigenvalue weighted by molar-refractivity contribution is -0.139. The van der Waals surface area contributed by atoms with Crippen LogP contribution in [-0.2, 0) is 31.7 Å². The van der Waals surface area contributed by atoms with Crippen molar-refractivity contribution in [3.8, 4) is 5.75 Å². The van der Waals surface area contributed by atoms with Crippen LogP contribution in [0.3, 0.4) is 0 Å². The number of hydrogen-bond acceptors (Lipinski definition) is 6. The van der Waals surface area contributed by atoms with Gasteiger partial charge < -0.3 is 18.6 Å². The molecule has 1 aliphatic rings. The van der Waals surface area contributed by atoms with Gasteiger partial charge in [0.1, 0.15) is 12.4 Å². The molecule has 246 valence electrons. The number of allylic oxidation sites excluding steroid dienone is 2. The summed E-state index contributed by atoms with van der Waals surface area (Å²) in [6.07, 6.45) is 4.89. The first kappa shape index (κ1) is 36.3. The van der Waals surface area contributed by atoms with Gasteiger partial charge in [0.05, 0.1) is 37.9 Å². The van der Waals surface area contributed by atoms with Crippen molar-refractivity contribution in [2.45, 2.75) is 91.0 Å². The van der Waals surface area contributed by atoms with Crippen molar-refractivity contribution in [1.82, 2.24) is 4.90 Å². The average Bonchev–Trinajstić information content (AvgIpc) is 3.37. The van der Waals surface area contributed by atoms with Crippen LogP contribution in [0.4, 0.5) is 4.79 Å². The predicted octanol–water partition coefficient (Wildman–Crippen LogP) is 8.21. The summed E-state index contributed by atoms with van der Waals surface area (Å²) >= 11 is 0. The van der Waals surface area contributed by atoms with Crippen LogP contribution >= 0.6 is 0 Å². The number of hydrogen-bond donors (Lipinski definition) is 0. The van der Waals surface area contributed by atoms with Crippen LogP contribution in [0.15, 0.2) is 79.4 Å². The quantitative estimate of drug-likeness (QED) is 0.145. The summed E-state index contributed by atoms with van der Waals surface area (Å²) < 4.78 is 24.5. The summed E-state index contributed by atoms with van der Waals surface area (Å²) in [4.78, 5) is 28.7. The highest BCUT2D eigenvalue weighted by molar-refractivity contribution is 6.74. The first-order chi connectivity index (χ1) is 21.2. The predicted molar refractivity (Wildman–Crippen MR) is 183 cm³/mol. The topological polar surface area (TPSA) is 74.3 Å². The number of amides is 2. The molecular formula is C37H53NO6Si. The molecule has 0 aliphatic carbocycles. The van der Waals surface area contributed by atoms with E-state index in [1.54, 1.807) is 13.2 Å². The van der Waals surface area contributed by atoms with Crippen LogP contribution in [0.25, 0.3) is 0 Å². The molecule has 0 radical (unpaired) electrons. The number of rotatable bonds is 15. The van der Waals surface area contributed by atoms with E-state index in [1.165, 1.54) is 4.90 Å². The zero-order valence-corrected chi connectivity index (χ0v) is 29.6. The Labute approximate surface area is 271 Å². The van der Waals surface area contributed by atoms with Crippen LogP contribution in [0.2, 0.25) is 18.1 Å². The molecule has 1 fully saturated rings. The van der Waals surface area contributed by atoms with Crippen molar-refractivity contribution in [2.75, 3.05) is 13.7 Å². The van der Waals surface area contributed by atoms with E-state index in [1.807, 2.05) is 67.6 Å². The van der Waals surface area contributed by atoms with E-state index in [9.17, 15) is 9.59 Å². The fourth-order valence-corrected chi connectivity index (χ4v) is 7.01. The Balaban J connectivity index is 1.96. The number of methoxy groups -OCH3 is 1. The molecule has 0 bridgehead atoms. The van der Waals surface area contributed by atoms with Crippen LogP contribution < -0.4 is 4.74 Å². The lowest BCUT2D eigenvalue weighted by Gasteiger charge is -2.45. The molecule has 1 saturated heterocycles. The fourth-order valence-electron chi connectivity index (χ4n) is 5.56. The van der Waals surface area contributed by atoms with Gasteiger partial charge in [-0.1, -0.05) is 109 Å². The second-order valence-electron chi connectivity index (χ2n) is 13.7. The van der Waals surface area contributed by atoms with Gasteiger partial charge in [-0.2, -0.15) is 0 Å². The van der Waals surface area contributed by atoms with Crippen molar-refractivity contribution < 1.29 is 28.2 Å². The van der Waals surface area contributed by atoms with E-state index in [0.29, 0.717) is 13.0 Å². The number of nitrogens with zero attached hydrogens (tertiary/aromatic N) is 1. The number of ether oxygens (including phenoxy) is 3. The number of imide groups is 1. The van der Waals surface area contributed by atoms with E-state index in [-0.39, 0.29) is 41.5 Å². The van der Waals surface area contributed by atoms with Gasteiger partial charge in [-0.25, -0.2) is 9.69 Å². The summed E-state index contributed by atoms with van der Waals surface area (Å²) in [7, 11) is -0.722. The standard InChI is InChI=1S/C37H53NO6Si/c1-11-12-16-26(2)33(42-24-30-19-21-32(41-8)22-20-30)27(3)34(44-45(9,10)37(5,6)7)28(4)35(39)38-31(25-43-36(38)40)23-29-17-14-13-15-18-29/h11-22,26-28,31,33-34H,1,23-25H2,2-10H3/b16-12+. The van der Waals surface area contributed by atoms with Crippen LogP contribution in [0.1, 0.15) is 52.7 Å². The van der Waals surface area contributed by atoms with Crippen LogP contribution in [0, 0.1) is 17.8 Å². The van der Waals surface area contributed by atoms with Gasteiger partial charge in [0, 0.05) is 11.8 Å². The molecule has 1 aliphatic heterocycles. The Morgan fingerprint density at radius 2 is 1.69 bits per heavy atom. The number of benzene rings is 2. The molecule has 0 N–H and O–H groups in total. The van der Waals surface area contributed by atoms with Crippen LogP contribution in [-0.4, -0.2) is 57.2 Å². The third-order valence-electron chi connectivity index (χ3n) is 9.34. The van der Waals surface area contributed by atoms with Gasteiger partial charge in [-0.15, -0.1) is 0 Å². The molecule has 0 saturated carbocycles. The number of cyclic esters (lactones) is 1. The van der Waals surface area contributed by atoms with Crippen molar-refractivity contribution in [3.63, 3.8) is 0 Å². The molecule has 45 heavy (non-hydrogen) atoms. The summed E-state index contributed by atoms with van der Waals surface area (Å²) in [5.41, 5.74) is 2.06. The lowest BCUT2D eigenvalue weighted by Crippen LogP contribution is -2.54. The Morgan fingerprint density at radius 3 is 2.27 bits per heavy atom. The summed E-state index contributed by atoms with van der Waals surface area (Å²) in [6.45, 7) is 21.5. The molecule has 8 heteroatoms. The van der Waals surface area contributed by atoms with Crippen molar-refractivity contribution in [2.24, 2.45) is 17.8 Å². The molecule has 6 unspecified atom stereocenters. The zero-order chi connectivity index (χ0) is 33.4. The Bertz CT molecular complexity index is 1290. The maximum atomic E-state index is 14.3. The number of carbonyl (C=O) groups excluding carboxylic acids is 2. The van der Waals surface area contributed by atoms with Crippen molar-refractivity contribution >= 4 is 20.3 Å². The van der Waals surface area contributed by atoms with Crippen molar-refractivity contribution in [3.05, 3.63) is 90.5 Å². The maximum Gasteiger partial charge on any atom is 0.416 e. The average molecular weight is 636 g/mol. The molecule has 7 nitrogen and oxygen atoms in total. The van der Waals surface area contributed by atoms with E-state index in [4.69, 9.17) is 18.6 Å². The molecule has 2 aromatic carbocycles. The van der Waals surface area contributed by atoms with E-state index >= 15 is 0 Å². The molecule has 1 heterocycles. The first-order valence-electron chi connectivity index (χ1n) is 16.0. The molecule has 3 rings (SSSR count). The lowest BCUT2D eigenvalue weighted by atomic mass is 9.83. The van der Waals surface area contributed by atoms with Gasteiger partial charge in [0.25, 0.3) is 0 Å². The van der Waals surface area contributed by atoms with Gasteiger partial charge in [0.15, 0.2) is 8.32 Å². The summed E-state index contributed by atoms with van der Waals surface area (Å²) in [5, 5.41) is -0.0933. The molecule has 2 aromatic rings. The Hall–Kier alpha value is -3.20. The molecule has 0 spiro atoms. The van der Waals surface area contributed by atoms with E-state index in [0.717, 1.165) is 16.9 Å². The van der Waals surface area contributed by atoms with Crippen LogP contribution in [0.5, 0.6) is 5.75 Å². The highest BCUT2D eigenvalue weighted by Gasteiger charge is 2.48. The molecule has 6 atom stereocenters. The highest BCUT2D eigenvalue weighted by Crippen LogP contribution is 2.41. The highest BCUT2D eigenvalue weighted by atomic mass is 28.4. The Morgan fingerprint density at radius 1 is 1.04 bits per heavy atom. The normalized spacial score (nSPS) is 19.1. The third kappa shape index (κ3) is 9.41. The monoisotopic (exact) mass is 635 g/mol. The second-order valence-corrected chi connectivity index (χ2v) is 18.5. The van der Waals surface area contributed by atoms with E-state index < -0.39 is 26.4 Å². The summed E-state index contributed by atoms with van der Waals surface area (Å²) in [5.74, 6) is -0.330. The van der Waals surface area contributed by atoms with Gasteiger partial charge >= 0.3 is 6.09 Å². The first-order valence-corrected chi connectivity index (χ1v) is 18.9. The minimum Gasteiger partial charge on any atom is -0.497 e. The zero-order valence-electron chi connectivity index (χ0n) is 28.6. The second kappa shape index (κ2) is 15.9.